The van der Waals surface area contributed by atoms with E-state index in [1.807, 2.05) is 85.2 Å². The predicted octanol–water partition coefficient (Wildman–Crippen LogP) is 10.6. The number of allylic oxidation sites excluding steroid dienone is 2. The van der Waals surface area contributed by atoms with Crippen molar-refractivity contribution in [3.05, 3.63) is 66.6 Å². The molecule has 4 heterocycles. The Morgan fingerprint density at radius 3 is 1.51 bits per heavy atom. The summed E-state index contributed by atoms with van der Waals surface area (Å²) in [5, 5.41) is 48.0. The molecule has 12 nitrogen and oxygen atoms in total. The van der Waals surface area contributed by atoms with Crippen LogP contribution >= 0.6 is 34.4 Å². The second-order valence-corrected chi connectivity index (χ2v) is 27.4. The van der Waals surface area contributed by atoms with Crippen molar-refractivity contribution in [3.63, 3.8) is 0 Å². The molecule has 0 aliphatic carbocycles. The Hall–Kier alpha value is -2.70. The van der Waals surface area contributed by atoms with Crippen LogP contribution in [0.1, 0.15) is 169 Å². The first-order chi connectivity index (χ1) is 31.5. The maximum Gasteiger partial charge on any atom is 0.309 e. The van der Waals surface area contributed by atoms with Gasteiger partial charge in [0.05, 0.1) is 68.7 Å². The standard InChI is InChI=1S/C26H41NO6S2.C26H41NO4S2/c1-16-9-8-10-17(2)25(30)19(4)35(31,32)26(6,7)23(28)14-24(29)33-22(12-11-16)18(3)13-21-15-34-20(5)27-21;1-16-9-8-10-17(2)25(30)19(4)33-26(6,7)23(28)14-24(29)31-22(12-11-16)18(3)13-21-15-32-20(5)27-21/h11,13,15,17,19,22-23,25,28,30H,8-10,12,14H2,1-7H3;11,13,15,17,19,22-23,25,28,30H,8-10,12,14H2,1-7H3/b2*16-11-,18-13+/t2*17-,19+,22-,23-,25-/m00/s1. The van der Waals surface area contributed by atoms with Gasteiger partial charge < -0.3 is 29.9 Å². The van der Waals surface area contributed by atoms with Crippen LogP contribution in [0.4, 0.5) is 0 Å². The molecule has 0 unspecified atom stereocenters. The number of hydrogen-bond acceptors (Lipinski definition) is 15. The summed E-state index contributed by atoms with van der Waals surface area (Å²) in [7, 11) is -3.98. The molecule has 0 spiro atoms. The fraction of sp³-hybridized carbons (Fsp3) is 0.692. The summed E-state index contributed by atoms with van der Waals surface area (Å²) in [5.74, 6) is -1.14. The van der Waals surface area contributed by atoms with Crippen LogP contribution in [0.5, 0.6) is 0 Å². The van der Waals surface area contributed by atoms with Crippen LogP contribution in [-0.4, -0.2) is 107 Å². The zero-order chi connectivity index (χ0) is 51.3. The van der Waals surface area contributed by atoms with E-state index >= 15 is 0 Å². The minimum absolute atomic E-state index is 0.0512. The summed E-state index contributed by atoms with van der Waals surface area (Å²) >= 11 is 4.66. The second kappa shape index (κ2) is 26.7. The zero-order valence-corrected chi connectivity index (χ0v) is 46.3. The lowest BCUT2D eigenvalue weighted by Crippen LogP contribution is -2.52. The number of aryl methyl sites for hydroxylation is 2. The molecule has 2 aliphatic heterocycles. The largest absolute Gasteiger partial charge is 0.457 e. The Bertz CT molecular complexity index is 2190. The van der Waals surface area contributed by atoms with Crippen LogP contribution in [-0.2, 0) is 28.9 Å². The molecular formula is C52H82N2O10S4. The van der Waals surface area contributed by atoms with Crippen molar-refractivity contribution in [2.24, 2.45) is 11.8 Å². The number of esters is 2. The number of thioether (sulfide) groups is 1. The molecule has 0 aromatic carbocycles. The maximum absolute atomic E-state index is 13.4. The number of sulfone groups is 1. The van der Waals surface area contributed by atoms with Crippen LogP contribution in [0, 0.1) is 25.7 Å². The number of cyclic esters (lactones) is 2. The molecule has 0 bridgehead atoms. The SMILES string of the molecule is C/C1=C/C[C@@H](/C(C)=C/c2csc(C)n2)OC(=O)C[C@H](O)C(C)(C)S(=O)(=O)[C@H](C)[C@@H](O)[C@@H](C)CCC1.C/C1=C/C[C@@H](/C(C)=C/c2csc(C)n2)OC(=O)C[C@H](O)C(C)(C)S[C@H](C)[C@@H](O)[C@@H](C)CCC1. The molecule has 0 saturated carbocycles. The van der Waals surface area contributed by atoms with E-state index in [9.17, 15) is 38.4 Å². The molecule has 2 aliphatic rings. The van der Waals surface area contributed by atoms with Crippen molar-refractivity contribution in [1.82, 2.24) is 9.97 Å². The van der Waals surface area contributed by atoms with Crippen molar-refractivity contribution >= 4 is 68.4 Å². The Morgan fingerprint density at radius 2 is 1.10 bits per heavy atom. The summed E-state index contributed by atoms with van der Waals surface area (Å²) in [4.78, 5) is 34.6. The first kappa shape index (κ1) is 59.6. The summed E-state index contributed by atoms with van der Waals surface area (Å²) < 4.78 is 36.1. The molecule has 0 fully saturated rings. The van der Waals surface area contributed by atoms with E-state index in [1.165, 1.54) is 49.4 Å². The predicted molar refractivity (Wildman–Crippen MR) is 280 cm³/mol. The Labute approximate surface area is 420 Å². The van der Waals surface area contributed by atoms with Crippen LogP contribution in [0.2, 0.25) is 0 Å². The van der Waals surface area contributed by atoms with Gasteiger partial charge in [-0.15, -0.1) is 34.4 Å². The molecule has 16 heteroatoms. The van der Waals surface area contributed by atoms with Crippen molar-refractivity contribution in [2.45, 2.75) is 218 Å². The van der Waals surface area contributed by atoms with E-state index in [4.69, 9.17) is 9.47 Å². The lowest BCUT2D eigenvalue weighted by Gasteiger charge is -2.35. The number of rotatable bonds is 4. The van der Waals surface area contributed by atoms with Gasteiger partial charge in [-0.25, -0.2) is 18.4 Å². The lowest BCUT2D eigenvalue weighted by atomic mass is 9.94. The Kier molecular flexibility index (Phi) is 23.4. The number of nitrogens with zero attached hydrogens (tertiary/aromatic N) is 2. The molecule has 0 radical (unpaired) electrons. The van der Waals surface area contributed by atoms with Gasteiger partial charge in [-0.3, -0.25) is 9.59 Å². The highest BCUT2D eigenvalue weighted by Crippen LogP contribution is 2.38. The first-order valence-electron chi connectivity index (χ1n) is 24.1. The molecule has 2 aromatic heterocycles. The van der Waals surface area contributed by atoms with E-state index in [1.54, 1.807) is 11.3 Å². The first-order valence-corrected chi connectivity index (χ1v) is 28.3. The topological polar surface area (TPSA) is 193 Å². The summed E-state index contributed by atoms with van der Waals surface area (Å²) in [6.07, 6.45) is 8.91. The Balaban J connectivity index is 0.000000361. The fourth-order valence-electron chi connectivity index (χ4n) is 8.39. The van der Waals surface area contributed by atoms with Gasteiger partial charge in [0.15, 0.2) is 9.84 Å². The molecular weight excluding hydrogens is 941 g/mol. The van der Waals surface area contributed by atoms with E-state index in [2.05, 4.69) is 36.0 Å². The van der Waals surface area contributed by atoms with E-state index in [-0.39, 0.29) is 23.5 Å². The summed E-state index contributed by atoms with van der Waals surface area (Å²) in [6, 6.07) is 0. The van der Waals surface area contributed by atoms with E-state index < -0.39 is 79.6 Å². The zero-order valence-electron chi connectivity index (χ0n) is 43.1. The molecule has 68 heavy (non-hydrogen) atoms. The van der Waals surface area contributed by atoms with Gasteiger partial charge in [-0.05, 0) is 150 Å². The van der Waals surface area contributed by atoms with Crippen LogP contribution < -0.4 is 0 Å². The van der Waals surface area contributed by atoms with Gasteiger partial charge in [0.25, 0.3) is 0 Å². The average Bonchev–Trinajstić information content (AvgIpc) is 3.87. The highest BCUT2D eigenvalue weighted by Gasteiger charge is 2.48. The van der Waals surface area contributed by atoms with Gasteiger partial charge in [0, 0.05) is 33.6 Å². The molecule has 2 aromatic rings. The van der Waals surface area contributed by atoms with Crippen molar-refractivity contribution < 1.29 is 47.9 Å². The fourth-order valence-corrected chi connectivity index (χ4v) is 13.2. The molecule has 4 rings (SSSR count). The Morgan fingerprint density at radius 1 is 0.691 bits per heavy atom. The van der Waals surface area contributed by atoms with Crippen LogP contribution in [0.15, 0.2) is 45.2 Å². The summed E-state index contributed by atoms with van der Waals surface area (Å²) in [6.45, 7) is 25.9. The minimum Gasteiger partial charge on any atom is -0.457 e. The monoisotopic (exact) mass is 1020 g/mol. The minimum atomic E-state index is -3.98. The number of hydrogen-bond donors (Lipinski definition) is 4. The molecule has 4 N–H and O–H groups in total. The van der Waals surface area contributed by atoms with Gasteiger partial charge in [-0.2, -0.15) is 0 Å². The van der Waals surface area contributed by atoms with Gasteiger partial charge >= 0.3 is 11.9 Å². The normalized spacial score (nSPS) is 32.8. The van der Waals surface area contributed by atoms with Crippen LogP contribution in [0.25, 0.3) is 12.2 Å². The van der Waals surface area contributed by atoms with E-state index in [0.29, 0.717) is 19.3 Å². The van der Waals surface area contributed by atoms with Gasteiger partial charge in [-0.1, -0.05) is 44.1 Å². The second-order valence-electron chi connectivity index (χ2n) is 20.3. The maximum atomic E-state index is 13.4. The number of aliphatic hydroxyl groups is 4. The highest BCUT2D eigenvalue weighted by molar-refractivity contribution is 8.01. The number of ether oxygens (including phenoxy) is 2. The number of aromatic nitrogens is 2. The molecule has 0 amide bonds. The van der Waals surface area contributed by atoms with Gasteiger partial charge in [0.1, 0.15) is 12.2 Å². The van der Waals surface area contributed by atoms with Crippen molar-refractivity contribution in [2.75, 3.05) is 0 Å². The quantitative estimate of drug-likeness (QED) is 0.167. The number of carbonyl (C=O) groups is 2. The third-order valence-corrected chi connectivity index (χ3v) is 19.7. The number of thiazole rings is 2. The molecule has 384 valence electrons. The van der Waals surface area contributed by atoms with Crippen molar-refractivity contribution in [1.29, 1.82) is 0 Å². The molecule has 0 saturated heterocycles. The lowest BCUT2D eigenvalue weighted by molar-refractivity contribution is -0.150. The molecule has 10 atom stereocenters. The number of carbonyl (C=O) groups excluding carboxylic acids is 2. The average molecular weight is 1020 g/mol. The van der Waals surface area contributed by atoms with Gasteiger partial charge in [0.2, 0.25) is 0 Å². The summed E-state index contributed by atoms with van der Waals surface area (Å²) in [5.41, 5.74) is 5.82. The third-order valence-electron chi connectivity index (χ3n) is 13.6. The smallest absolute Gasteiger partial charge is 0.309 e. The van der Waals surface area contributed by atoms with Crippen LogP contribution in [0.3, 0.4) is 0 Å². The number of aliphatic hydroxyl groups excluding tert-OH is 4. The van der Waals surface area contributed by atoms with Crippen molar-refractivity contribution in [3.8, 4) is 0 Å². The highest BCUT2D eigenvalue weighted by atomic mass is 32.2. The van der Waals surface area contributed by atoms with E-state index in [0.717, 1.165) is 70.2 Å². The third kappa shape index (κ3) is 17.9.